The molecule has 0 amide bonds. The van der Waals surface area contributed by atoms with Crippen molar-refractivity contribution in [2.24, 2.45) is 5.92 Å². The van der Waals surface area contributed by atoms with Crippen molar-refractivity contribution in [1.29, 1.82) is 0 Å². The van der Waals surface area contributed by atoms with Crippen molar-refractivity contribution in [1.82, 2.24) is 9.80 Å². The third-order valence-corrected chi connectivity index (χ3v) is 5.89. The zero-order chi connectivity index (χ0) is 17.8. The number of piperazine rings is 1. The van der Waals surface area contributed by atoms with Crippen LogP contribution in [0.1, 0.15) is 38.2 Å². The Hall–Kier alpha value is -1.46. The molecule has 2 aliphatic rings. The summed E-state index contributed by atoms with van der Waals surface area (Å²) in [6.45, 7) is 7.78. The lowest BCUT2D eigenvalue weighted by molar-refractivity contribution is 0.0517. The van der Waals surface area contributed by atoms with E-state index in [1.807, 2.05) is 12.1 Å². The summed E-state index contributed by atoms with van der Waals surface area (Å²) in [7, 11) is 3.14. The number of nitrogens with zero attached hydrogens (tertiary/aromatic N) is 2. The molecule has 1 saturated heterocycles. The molecule has 1 aliphatic heterocycles. The molecular formula is C20H32N2O3. The van der Waals surface area contributed by atoms with E-state index in [1.165, 1.54) is 25.7 Å². The zero-order valence-electron chi connectivity index (χ0n) is 15.8. The molecule has 1 heterocycles. The van der Waals surface area contributed by atoms with Crippen LogP contribution in [0, 0.1) is 5.92 Å². The lowest BCUT2D eigenvalue weighted by atomic mass is 9.84. The van der Waals surface area contributed by atoms with Crippen LogP contribution in [-0.4, -0.2) is 61.3 Å². The van der Waals surface area contributed by atoms with Crippen LogP contribution in [0.15, 0.2) is 12.1 Å². The second-order valence-electron chi connectivity index (χ2n) is 7.49. The van der Waals surface area contributed by atoms with Gasteiger partial charge in [-0.1, -0.05) is 19.8 Å². The Balaban J connectivity index is 1.59. The van der Waals surface area contributed by atoms with Gasteiger partial charge in [0, 0.05) is 38.8 Å². The van der Waals surface area contributed by atoms with Crippen molar-refractivity contribution in [3.8, 4) is 17.2 Å². The Morgan fingerprint density at radius 3 is 2.16 bits per heavy atom. The number of methoxy groups -OCH3 is 2. The van der Waals surface area contributed by atoms with Gasteiger partial charge in [0.2, 0.25) is 5.75 Å². The topological polar surface area (TPSA) is 45.2 Å². The van der Waals surface area contributed by atoms with Gasteiger partial charge in [-0.2, -0.15) is 0 Å². The number of rotatable bonds is 5. The first-order chi connectivity index (χ1) is 12.1. The van der Waals surface area contributed by atoms with Crippen LogP contribution in [0.4, 0.5) is 0 Å². The SMILES string of the molecule is COc1cc(CN2CCN(C3CCCCC3C)CC2)cc(OC)c1O. The average molecular weight is 348 g/mol. The summed E-state index contributed by atoms with van der Waals surface area (Å²) >= 11 is 0. The molecular weight excluding hydrogens is 316 g/mol. The lowest BCUT2D eigenvalue weighted by Gasteiger charge is -2.43. The molecule has 1 aliphatic carbocycles. The molecule has 1 saturated carbocycles. The van der Waals surface area contributed by atoms with Crippen LogP contribution < -0.4 is 9.47 Å². The molecule has 2 atom stereocenters. The van der Waals surface area contributed by atoms with Crippen molar-refractivity contribution in [3.05, 3.63) is 17.7 Å². The lowest BCUT2D eigenvalue weighted by Crippen LogP contribution is -2.52. The predicted molar refractivity (Wildman–Crippen MR) is 99.5 cm³/mol. The Morgan fingerprint density at radius 1 is 1.00 bits per heavy atom. The van der Waals surface area contributed by atoms with E-state index in [4.69, 9.17) is 9.47 Å². The molecule has 0 radical (unpaired) electrons. The zero-order valence-corrected chi connectivity index (χ0v) is 15.8. The van der Waals surface area contributed by atoms with E-state index < -0.39 is 0 Å². The van der Waals surface area contributed by atoms with Crippen LogP contribution in [0.2, 0.25) is 0 Å². The summed E-state index contributed by atoms with van der Waals surface area (Å²) in [5.74, 6) is 1.86. The highest BCUT2D eigenvalue weighted by molar-refractivity contribution is 5.52. The van der Waals surface area contributed by atoms with E-state index in [0.29, 0.717) is 11.5 Å². The molecule has 1 aromatic carbocycles. The summed E-state index contributed by atoms with van der Waals surface area (Å²) in [5, 5.41) is 10.1. The first kappa shape index (κ1) is 18.3. The number of hydrogen-bond donors (Lipinski definition) is 1. The van der Waals surface area contributed by atoms with Crippen molar-refractivity contribution < 1.29 is 14.6 Å². The maximum atomic E-state index is 10.1. The fraction of sp³-hybridized carbons (Fsp3) is 0.700. The monoisotopic (exact) mass is 348 g/mol. The summed E-state index contributed by atoms with van der Waals surface area (Å²) in [6.07, 6.45) is 5.55. The van der Waals surface area contributed by atoms with Gasteiger partial charge in [0.1, 0.15) is 0 Å². The second-order valence-corrected chi connectivity index (χ2v) is 7.49. The number of ether oxygens (including phenoxy) is 2. The largest absolute Gasteiger partial charge is 0.502 e. The first-order valence-electron chi connectivity index (χ1n) is 9.52. The van der Waals surface area contributed by atoms with E-state index in [9.17, 15) is 5.11 Å². The standard InChI is InChI=1S/C20H32N2O3/c1-15-6-4-5-7-17(15)22-10-8-21(9-11-22)14-16-12-18(24-2)20(23)19(13-16)25-3/h12-13,15,17,23H,4-11,14H2,1-3H3. The quantitative estimate of drug-likeness (QED) is 0.886. The Bertz CT molecular complexity index is 545. The van der Waals surface area contributed by atoms with Gasteiger partial charge in [0.25, 0.3) is 0 Å². The average Bonchev–Trinajstić information content (AvgIpc) is 2.64. The van der Waals surface area contributed by atoms with E-state index in [1.54, 1.807) is 14.2 Å². The van der Waals surface area contributed by atoms with Gasteiger partial charge < -0.3 is 14.6 Å². The van der Waals surface area contributed by atoms with Crippen LogP contribution >= 0.6 is 0 Å². The van der Waals surface area contributed by atoms with E-state index >= 15 is 0 Å². The van der Waals surface area contributed by atoms with Gasteiger partial charge in [-0.25, -0.2) is 0 Å². The van der Waals surface area contributed by atoms with Crippen LogP contribution in [-0.2, 0) is 6.54 Å². The van der Waals surface area contributed by atoms with Gasteiger partial charge >= 0.3 is 0 Å². The Kier molecular flexibility index (Phi) is 6.07. The normalized spacial score (nSPS) is 25.7. The molecule has 2 fully saturated rings. The first-order valence-corrected chi connectivity index (χ1v) is 9.52. The molecule has 3 rings (SSSR count). The molecule has 1 N–H and O–H groups in total. The fourth-order valence-corrected chi connectivity index (χ4v) is 4.39. The summed E-state index contributed by atoms with van der Waals surface area (Å²) in [4.78, 5) is 5.19. The third kappa shape index (κ3) is 4.21. The van der Waals surface area contributed by atoms with Gasteiger partial charge in [-0.15, -0.1) is 0 Å². The fourth-order valence-electron chi connectivity index (χ4n) is 4.39. The van der Waals surface area contributed by atoms with Gasteiger partial charge in [-0.3, -0.25) is 9.80 Å². The van der Waals surface area contributed by atoms with Crippen LogP contribution in [0.25, 0.3) is 0 Å². The molecule has 5 heteroatoms. The maximum Gasteiger partial charge on any atom is 0.200 e. The van der Waals surface area contributed by atoms with E-state index in [2.05, 4.69) is 16.7 Å². The van der Waals surface area contributed by atoms with Crippen molar-refractivity contribution in [3.63, 3.8) is 0 Å². The van der Waals surface area contributed by atoms with Crippen LogP contribution in [0.5, 0.6) is 17.2 Å². The number of benzene rings is 1. The highest BCUT2D eigenvalue weighted by atomic mass is 16.5. The minimum atomic E-state index is 0.0739. The maximum absolute atomic E-state index is 10.1. The highest BCUT2D eigenvalue weighted by Gasteiger charge is 2.29. The summed E-state index contributed by atoms with van der Waals surface area (Å²) in [6, 6.07) is 4.60. The number of aromatic hydroxyl groups is 1. The molecule has 5 nitrogen and oxygen atoms in total. The molecule has 140 valence electrons. The number of phenolic OH excluding ortho intramolecular Hbond substituents is 1. The minimum Gasteiger partial charge on any atom is -0.502 e. The Labute approximate surface area is 151 Å². The summed E-state index contributed by atoms with van der Waals surface area (Å²) < 4.78 is 10.5. The second kappa shape index (κ2) is 8.28. The summed E-state index contributed by atoms with van der Waals surface area (Å²) in [5.41, 5.74) is 1.12. The molecule has 2 unspecified atom stereocenters. The molecule has 0 spiro atoms. The number of phenols is 1. The van der Waals surface area contributed by atoms with E-state index in [-0.39, 0.29) is 5.75 Å². The van der Waals surface area contributed by atoms with Gasteiger partial charge in [0.15, 0.2) is 11.5 Å². The van der Waals surface area contributed by atoms with Gasteiger partial charge in [0.05, 0.1) is 14.2 Å². The van der Waals surface area contributed by atoms with Crippen LogP contribution in [0.3, 0.4) is 0 Å². The molecule has 0 bridgehead atoms. The highest BCUT2D eigenvalue weighted by Crippen LogP contribution is 2.37. The van der Waals surface area contributed by atoms with Crippen molar-refractivity contribution >= 4 is 0 Å². The third-order valence-electron chi connectivity index (χ3n) is 5.89. The van der Waals surface area contributed by atoms with Crippen molar-refractivity contribution in [2.45, 2.75) is 45.2 Å². The van der Waals surface area contributed by atoms with Crippen molar-refractivity contribution in [2.75, 3.05) is 40.4 Å². The van der Waals surface area contributed by atoms with Gasteiger partial charge in [-0.05, 0) is 36.5 Å². The molecule has 0 aromatic heterocycles. The van der Waals surface area contributed by atoms with E-state index in [0.717, 1.165) is 50.2 Å². The molecule has 25 heavy (non-hydrogen) atoms. The predicted octanol–water partition coefficient (Wildman–Crippen LogP) is 3.11. The Morgan fingerprint density at radius 2 is 1.60 bits per heavy atom. The minimum absolute atomic E-state index is 0.0739. The molecule has 1 aromatic rings. The number of hydrogen-bond acceptors (Lipinski definition) is 5. The smallest absolute Gasteiger partial charge is 0.200 e.